The molecule has 0 spiro atoms. The largest absolute Gasteiger partial charge is 0.325 e. The lowest BCUT2D eigenvalue weighted by Crippen LogP contribution is -2.16. The highest BCUT2D eigenvalue weighted by Gasteiger charge is 2.14. The Hall–Kier alpha value is -2.72. The van der Waals surface area contributed by atoms with E-state index < -0.39 is 4.92 Å². The fraction of sp³-hybridized carbons (Fsp3) is 0.235. The summed E-state index contributed by atoms with van der Waals surface area (Å²) in [7, 11) is 0. The van der Waals surface area contributed by atoms with Crippen molar-refractivity contribution < 1.29 is 9.72 Å². The summed E-state index contributed by atoms with van der Waals surface area (Å²) in [5.74, 6) is -0.329. The second-order valence-corrected chi connectivity index (χ2v) is 8.09. The number of thioether (sulfide) groups is 1. The number of aromatic nitrogens is 2. The fourth-order valence-corrected chi connectivity index (χ4v) is 4.23. The zero-order valence-electron chi connectivity index (χ0n) is 14.8. The predicted molar refractivity (Wildman–Crippen MR) is 107 cm³/mol. The van der Waals surface area contributed by atoms with Crippen LogP contribution in [0.5, 0.6) is 0 Å². The predicted octanol–water partition coefficient (Wildman–Crippen LogP) is 3.55. The lowest BCUT2D eigenvalue weighted by molar-refractivity contribution is -0.384. The lowest BCUT2D eigenvalue weighted by atomic mass is 10.2. The van der Waals surface area contributed by atoms with Gasteiger partial charge in [-0.3, -0.25) is 19.7 Å². The Morgan fingerprint density at radius 1 is 1.37 bits per heavy atom. The molecule has 3 aromatic rings. The maximum atomic E-state index is 12.2. The quantitative estimate of drug-likeness (QED) is 0.291. The third-order valence-corrected chi connectivity index (χ3v) is 6.04. The van der Waals surface area contributed by atoms with E-state index in [0.717, 1.165) is 27.8 Å². The van der Waals surface area contributed by atoms with E-state index in [1.54, 1.807) is 13.0 Å². The van der Waals surface area contributed by atoms with Gasteiger partial charge in [0.15, 0.2) is 5.16 Å². The van der Waals surface area contributed by atoms with Crippen molar-refractivity contribution in [3.63, 3.8) is 0 Å². The minimum Gasteiger partial charge on any atom is -0.325 e. The fourth-order valence-electron chi connectivity index (χ4n) is 2.48. The molecule has 1 amide bonds. The van der Waals surface area contributed by atoms with Crippen LogP contribution in [0.25, 0.3) is 10.2 Å². The molecule has 0 aliphatic carbocycles. The Morgan fingerprint density at radius 3 is 2.81 bits per heavy atom. The average Bonchev–Trinajstić information content (AvgIpc) is 2.89. The number of aromatic amines is 1. The van der Waals surface area contributed by atoms with Crippen molar-refractivity contribution in [2.45, 2.75) is 25.9 Å². The highest BCUT2D eigenvalue weighted by atomic mass is 32.2. The SMILES string of the molecule is Cc1ccc([N+](=O)[O-])cc1NC(=O)CSc1nc2sc(C)c(C)c2c(=O)[nH]1. The molecule has 140 valence electrons. The molecule has 0 atom stereocenters. The molecule has 0 aliphatic heterocycles. The van der Waals surface area contributed by atoms with Crippen LogP contribution in [0, 0.1) is 30.9 Å². The van der Waals surface area contributed by atoms with Crippen LogP contribution in [0.15, 0.2) is 28.2 Å². The highest BCUT2D eigenvalue weighted by Crippen LogP contribution is 2.27. The standard InChI is InChI=1S/C17H16N4O4S2/c1-8-4-5-11(21(24)25)6-12(8)18-13(22)7-26-17-19-15(23)14-9(2)10(3)27-16(14)20-17/h4-6H,7H2,1-3H3,(H,18,22)(H,19,20,23). The van der Waals surface area contributed by atoms with Gasteiger partial charge in [-0.25, -0.2) is 4.98 Å². The van der Waals surface area contributed by atoms with Gasteiger partial charge in [0.2, 0.25) is 5.91 Å². The number of nitro groups is 1. The van der Waals surface area contributed by atoms with Crippen molar-refractivity contribution in [2.75, 3.05) is 11.1 Å². The minimum atomic E-state index is -0.515. The zero-order valence-corrected chi connectivity index (χ0v) is 16.4. The zero-order chi connectivity index (χ0) is 19.7. The third kappa shape index (κ3) is 4.01. The van der Waals surface area contributed by atoms with Gasteiger partial charge in [-0.05, 0) is 31.9 Å². The summed E-state index contributed by atoms with van der Waals surface area (Å²) < 4.78 is 0. The Morgan fingerprint density at radius 2 is 2.11 bits per heavy atom. The molecule has 0 saturated heterocycles. The number of nitro benzene ring substituents is 1. The number of carbonyl (C=O) groups excluding carboxylic acids is 1. The van der Waals surface area contributed by atoms with Crippen LogP contribution in [-0.2, 0) is 4.79 Å². The topological polar surface area (TPSA) is 118 Å². The number of carbonyl (C=O) groups is 1. The van der Waals surface area contributed by atoms with Crippen LogP contribution in [0.2, 0.25) is 0 Å². The summed E-state index contributed by atoms with van der Waals surface area (Å²) in [4.78, 5) is 43.6. The molecule has 8 nitrogen and oxygen atoms in total. The van der Waals surface area contributed by atoms with Crippen LogP contribution in [0.4, 0.5) is 11.4 Å². The van der Waals surface area contributed by atoms with E-state index in [9.17, 15) is 19.7 Å². The Bertz CT molecular complexity index is 1120. The number of fused-ring (bicyclic) bond motifs is 1. The molecule has 3 rings (SSSR count). The third-order valence-electron chi connectivity index (χ3n) is 4.06. The molecule has 0 unspecified atom stereocenters. The molecule has 27 heavy (non-hydrogen) atoms. The van der Waals surface area contributed by atoms with Gasteiger partial charge in [-0.2, -0.15) is 0 Å². The summed E-state index contributed by atoms with van der Waals surface area (Å²) in [5.41, 5.74) is 1.70. The maximum Gasteiger partial charge on any atom is 0.271 e. The lowest BCUT2D eigenvalue weighted by Gasteiger charge is -2.08. The van der Waals surface area contributed by atoms with Crippen LogP contribution < -0.4 is 10.9 Å². The number of anilines is 1. The highest BCUT2D eigenvalue weighted by molar-refractivity contribution is 7.99. The number of nitrogens with zero attached hydrogens (tertiary/aromatic N) is 2. The number of rotatable bonds is 5. The molecule has 0 aliphatic rings. The van der Waals surface area contributed by atoms with Gasteiger partial charge in [0, 0.05) is 17.0 Å². The molecule has 10 heteroatoms. The van der Waals surface area contributed by atoms with Gasteiger partial charge < -0.3 is 10.3 Å². The molecule has 0 radical (unpaired) electrons. The molecule has 1 aromatic carbocycles. The molecular weight excluding hydrogens is 388 g/mol. The summed E-state index contributed by atoms with van der Waals surface area (Å²) >= 11 is 2.54. The number of hydrogen-bond donors (Lipinski definition) is 2. The van der Waals surface area contributed by atoms with E-state index in [1.165, 1.54) is 23.5 Å². The second-order valence-electron chi connectivity index (χ2n) is 5.93. The average molecular weight is 404 g/mol. The van der Waals surface area contributed by atoms with Crippen molar-refractivity contribution in [3.8, 4) is 0 Å². The first-order valence-corrected chi connectivity index (χ1v) is 9.74. The van der Waals surface area contributed by atoms with Gasteiger partial charge in [-0.1, -0.05) is 17.8 Å². The maximum absolute atomic E-state index is 12.2. The second kappa shape index (κ2) is 7.49. The van der Waals surface area contributed by atoms with E-state index >= 15 is 0 Å². The Kier molecular flexibility index (Phi) is 5.29. The summed E-state index contributed by atoms with van der Waals surface area (Å²) in [6, 6.07) is 4.28. The number of nitrogens with one attached hydrogen (secondary N) is 2. The van der Waals surface area contributed by atoms with Crippen LogP contribution in [0.3, 0.4) is 0 Å². The van der Waals surface area contributed by atoms with Crippen molar-refractivity contribution in [1.29, 1.82) is 0 Å². The first-order valence-electron chi connectivity index (χ1n) is 7.94. The molecule has 0 saturated carbocycles. The van der Waals surface area contributed by atoms with Gasteiger partial charge in [0.05, 0.1) is 21.7 Å². The van der Waals surface area contributed by atoms with Gasteiger partial charge in [0.1, 0.15) is 4.83 Å². The van der Waals surface area contributed by atoms with Gasteiger partial charge in [0.25, 0.3) is 11.2 Å². The van der Waals surface area contributed by atoms with Crippen LogP contribution in [0.1, 0.15) is 16.0 Å². The van der Waals surface area contributed by atoms with Crippen LogP contribution >= 0.6 is 23.1 Å². The Labute approximate surface area is 162 Å². The summed E-state index contributed by atoms with van der Waals surface area (Å²) in [6.07, 6.45) is 0. The summed E-state index contributed by atoms with van der Waals surface area (Å²) in [6.45, 7) is 5.57. The van der Waals surface area contributed by atoms with E-state index in [-0.39, 0.29) is 22.9 Å². The first kappa shape index (κ1) is 19.1. The molecule has 2 aromatic heterocycles. The molecule has 0 fully saturated rings. The number of aryl methyl sites for hydroxylation is 3. The normalized spacial score (nSPS) is 10.9. The van der Waals surface area contributed by atoms with Crippen molar-refractivity contribution in [1.82, 2.24) is 9.97 Å². The molecule has 2 N–H and O–H groups in total. The molecule has 2 heterocycles. The first-order chi connectivity index (χ1) is 12.8. The minimum absolute atomic E-state index is 0.0138. The summed E-state index contributed by atoms with van der Waals surface area (Å²) in [5, 5.41) is 14.5. The van der Waals surface area contributed by atoms with Crippen molar-refractivity contribution >= 4 is 50.6 Å². The van der Waals surface area contributed by atoms with Crippen molar-refractivity contribution in [2.24, 2.45) is 0 Å². The van der Waals surface area contributed by atoms with Crippen molar-refractivity contribution in [3.05, 3.63) is 54.7 Å². The number of benzene rings is 1. The van der Waals surface area contributed by atoms with E-state index in [0.29, 0.717) is 21.1 Å². The number of thiophene rings is 1. The van der Waals surface area contributed by atoms with E-state index in [2.05, 4.69) is 15.3 Å². The van der Waals surface area contributed by atoms with Gasteiger partial charge in [-0.15, -0.1) is 11.3 Å². The number of H-pyrrole nitrogens is 1. The number of non-ortho nitro benzene ring substituents is 1. The monoisotopic (exact) mass is 404 g/mol. The van der Waals surface area contributed by atoms with E-state index in [1.807, 2.05) is 13.8 Å². The van der Waals surface area contributed by atoms with Crippen LogP contribution in [-0.4, -0.2) is 26.6 Å². The Balaban J connectivity index is 1.73. The molecule has 0 bridgehead atoms. The number of amides is 1. The van der Waals surface area contributed by atoms with E-state index in [4.69, 9.17) is 0 Å². The molecular formula is C17H16N4O4S2. The van der Waals surface area contributed by atoms with Gasteiger partial charge >= 0.3 is 0 Å². The smallest absolute Gasteiger partial charge is 0.271 e. The number of hydrogen-bond acceptors (Lipinski definition) is 7.